The molecular weight excluding hydrogens is 304 g/mol. The van der Waals surface area contributed by atoms with E-state index >= 15 is 0 Å². The molecule has 2 aromatic rings. The van der Waals surface area contributed by atoms with Gasteiger partial charge in [0.2, 0.25) is 5.91 Å². The zero-order chi connectivity index (χ0) is 16.6. The molecule has 1 unspecified atom stereocenters. The van der Waals surface area contributed by atoms with Crippen LogP contribution in [0.3, 0.4) is 0 Å². The number of aromatic nitrogens is 1. The molecule has 0 saturated carbocycles. The van der Waals surface area contributed by atoms with Gasteiger partial charge in [0.25, 0.3) is 0 Å². The zero-order valence-electron chi connectivity index (χ0n) is 14.1. The number of benzene rings is 1. The predicted octanol–water partition coefficient (Wildman–Crippen LogP) is 2.71. The van der Waals surface area contributed by atoms with E-state index in [2.05, 4.69) is 17.1 Å². The molecule has 1 atom stereocenters. The summed E-state index contributed by atoms with van der Waals surface area (Å²) in [5.41, 5.74) is 2.34. The average Bonchev–Trinajstić information content (AvgIpc) is 3.23. The Morgan fingerprint density at radius 2 is 1.96 bits per heavy atom. The van der Waals surface area contributed by atoms with Gasteiger partial charge in [0, 0.05) is 48.9 Å². The Kier molecular flexibility index (Phi) is 4.06. The van der Waals surface area contributed by atoms with Crippen LogP contribution in [0.4, 0.5) is 0 Å². The number of likely N-dealkylation sites (tertiary alicyclic amines) is 1. The van der Waals surface area contributed by atoms with Crippen molar-refractivity contribution < 1.29 is 14.3 Å². The van der Waals surface area contributed by atoms with E-state index in [0.717, 1.165) is 37.9 Å². The standard InChI is InChI=1S/C19H24N2O3/c1-14(12-15-13-20-17-5-3-2-4-16(15)17)18(22)21-8-6-19(7-9-21)23-10-11-24-19/h2-5,13-14,20H,6-12H2,1H3. The van der Waals surface area contributed by atoms with Crippen LogP contribution in [0.5, 0.6) is 0 Å². The summed E-state index contributed by atoms with van der Waals surface area (Å²) < 4.78 is 11.5. The number of H-pyrrole nitrogens is 1. The smallest absolute Gasteiger partial charge is 0.225 e. The second-order valence-corrected chi connectivity index (χ2v) is 6.90. The number of nitrogens with zero attached hydrogens (tertiary/aromatic N) is 1. The van der Waals surface area contributed by atoms with Gasteiger partial charge in [-0.3, -0.25) is 4.79 Å². The molecule has 0 radical (unpaired) electrons. The van der Waals surface area contributed by atoms with Gasteiger partial charge in [-0.25, -0.2) is 0 Å². The minimum Gasteiger partial charge on any atom is -0.361 e. The number of nitrogens with one attached hydrogen (secondary N) is 1. The minimum atomic E-state index is -0.420. The lowest BCUT2D eigenvalue weighted by Gasteiger charge is -2.38. The van der Waals surface area contributed by atoms with E-state index < -0.39 is 5.79 Å². The van der Waals surface area contributed by atoms with Crippen molar-refractivity contribution >= 4 is 16.8 Å². The lowest BCUT2D eigenvalue weighted by Crippen LogP contribution is -2.48. The molecule has 128 valence electrons. The largest absolute Gasteiger partial charge is 0.361 e. The molecule has 0 bridgehead atoms. The number of hydrogen-bond donors (Lipinski definition) is 1. The highest BCUT2D eigenvalue weighted by molar-refractivity contribution is 5.84. The fraction of sp³-hybridized carbons (Fsp3) is 0.526. The quantitative estimate of drug-likeness (QED) is 0.942. The van der Waals surface area contributed by atoms with Gasteiger partial charge in [0.1, 0.15) is 0 Å². The number of aromatic amines is 1. The van der Waals surface area contributed by atoms with Crippen molar-refractivity contribution in [2.75, 3.05) is 26.3 Å². The number of hydrogen-bond acceptors (Lipinski definition) is 3. The summed E-state index contributed by atoms with van der Waals surface area (Å²) in [6.07, 6.45) is 4.34. The zero-order valence-corrected chi connectivity index (χ0v) is 14.1. The highest BCUT2D eigenvalue weighted by Gasteiger charge is 2.41. The van der Waals surface area contributed by atoms with Crippen LogP contribution in [-0.4, -0.2) is 47.9 Å². The number of rotatable bonds is 3. The molecule has 3 heterocycles. The van der Waals surface area contributed by atoms with Crippen molar-refractivity contribution in [1.29, 1.82) is 0 Å². The van der Waals surface area contributed by atoms with Gasteiger partial charge < -0.3 is 19.4 Å². The maximum Gasteiger partial charge on any atom is 0.225 e. The molecule has 1 N–H and O–H groups in total. The fourth-order valence-corrected chi connectivity index (χ4v) is 3.88. The third-order valence-electron chi connectivity index (χ3n) is 5.27. The first-order valence-corrected chi connectivity index (χ1v) is 8.79. The highest BCUT2D eigenvalue weighted by Crippen LogP contribution is 2.32. The Morgan fingerprint density at radius 3 is 2.71 bits per heavy atom. The molecule has 5 nitrogen and oxygen atoms in total. The summed E-state index contributed by atoms with van der Waals surface area (Å²) in [6.45, 7) is 4.81. The van der Waals surface area contributed by atoms with Gasteiger partial charge in [-0.05, 0) is 18.1 Å². The summed E-state index contributed by atoms with van der Waals surface area (Å²) in [5.74, 6) is -0.214. The molecule has 1 amide bonds. The average molecular weight is 328 g/mol. The number of fused-ring (bicyclic) bond motifs is 1. The van der Waals surface area contributed by atoms with Crippen molar-refractivity contribution in [3.05, 3.63) is 36.0 Å². The lowest BCUT2D eigenvalue weighted by atomic mass is 9.97. The molecule has 2 aliphatic rings. The van der Waals surface area contributed by atoms with Gasteiger partial charge in [-0.2, -0.15) is 0 Å². The van der Waals surface area contributed by atoms with Gasteiger partial charge in [-0.1, -0.05) is 25.1 Å². The number of ether oxygens (including phenoxy) is 2. The van der Waals surface area contributed by atoms with E-state index in [1.807, 2.05) is 30.2 Å². The summed E-state index contributed by atoms with van der Waals surface area (Å²) in [6, 6.07) is 8.24. The van der Waals surface area contributed by atoms with Crippen LogP contribution in [0.2, 0.25) is 0 Å². The summed E-state index contributed by atoms with van der Waals surface area (Å²) in [4.78, 5) is 18.1. The van der Waals surface area contributed by atoms with E-state index in [9.17, 15) is 4.79 Å². The molecule has 1 aromatic carbocycles. The number of carbonyl (C=O) groups excluding carboxylic acids is 1. The number of carbonyl (C=O) groups is 1. The van der Waals surface area contributed by atoms with Crippen LogP contribution in [0, 0.1) is 5.92 Å². The monoisotopic (exact) mass is 328 g/mol. The summed E-state index contributed by atoms with van der Waals surface area (Å²) in [5, 5.41) is 1.21. The maximum absolute atomic E-state index is 12.8. The van der Waals surface area contributed by atoms with Crippen LogP contribution in [0.15, 0.2) is 30.5 Å². The van der Waals surface area contributed by atoms with E-state index in [1.165, 1.54) is 10.9 Å². The van der Waals surface area contributed by atoms with Crippen molar-refractivity contribution in [3.63, 3.8) is 0 Å². The Bertz CT molecular complexity index is 723. The number of para-hydroxylation sites is 1. The van der Waals surface area contributed by atoms with Gasteiger partial charge in [0.05, 0.1) is 13.2 Å². The van der Waals surface area contributed by atoms with Crippen molar-refractivity contribution in [1.82, 2.24) is 9.88 Å². The van der Waals surface area contributed by atoms with Crippen molar-refractivity contribution in [2.24, 2.45) is 5.92 Å². The predicted molar refractivity (Wildman–Crippen MR) is 91.6 cm³/mol. The van der Waals surface area contributed by atoms with Crippen molar-refractivity contribution in [3.8, 4) is 0 Å². The van der Waals surface area contributed by atoms with Crippen LogP contribution in [-0.2, 0) is 20.7 Å². The molecule has 0 aliphatic carbocycles. The summed E-state index contributed by atoms with van der Waals surface area (Å²) >= 11 is 0. The fourth-order valence-electron chi connectivity index (χ4n) is 3.88. The van der Waals surface area contributed by atoms with Gasteiger partial charge >= 0.3 is 0 Å². The first-order chi connectivity index (χ1) is 11.7. The van der Waals surface area contributed by atoms with Crippen LogP contribution < -0.4 is 0 Å². The third kappa shape index (κ3) is 2.82. The van der Waals surface area contributed by atoms with Crippen LogP contribution in [0.1, 0.15) is 25.3 Å². The Balaban J connectivity index is 1.39. The van der Waals surface area contributed by atoms with Crippen LogP contribution >= 0.6 is 0 Å². The normalized spacial score (nSPS) is 21.5. The van der Waals surface area contributed by atoms with Gasteiger partial charge in [0.15, 0.2) is 5.79 Å². The van der Waals surface area contributed by atoms with E-state index in [0.29, 0.717) is 13.2 Å². The first-order valence-electron chi connectivity index (χ1n) is 8.79. The molecule has 2 fully saturated rings. The molecule has 2 saturated heterocycles. The van der Waals surface area contributed by atoms with Gasteiger partial charge in [-0.15, -0.1) is 0 Å². The molecule has 2 aliphatic heterocycles. The minimum absolute atomic E-state index is 0.0244. The van der Waals surface area contributed by atoms with E-state index in [4.69, 9.17) is 9.47 Å². The molecule has 4 rings (SSSR count). The number of piperidine rings is 1. The van der Waals surface area contributed by atoms with Crippen molar-refractivity contribution in [2.45, 2.75) is 32.0 Å². The molecule has 5 heteroatoms. The number of amides is 1. The van der Waals surface area contributed by atoms with Crippen LogP contribution in [0.25, 0.3) is 10.9 Å². The Hall–Kier alpha value is -1.85. The van der Waals surface area contributed by atoms with E-state index in [-0.39, 0.29) is 11.8 Å². The SMILES string of the molecule is CC(Cc1c[nH]c2ccccc12)C(=O)N1CCC2(CC1)OCCO2. The second-order valence-electron chi connectivity index (χ2n) is 6.90. The second kappa shape index (κ2) is 6.22. The molecular formula is C19H24N2O3. The summed E-state index contributed by atoms with van der Waals surface area (Å²) in [7, 11) is 0. The Labute approximate surface area is 141 Å². The topological polar surface area (TPSA) is 54.6 Å². The molecule has 1 aromatic heterocycles. The molecule has 1 spiro atoms. The third-order valence-corrected chi connectivity index (χ3v) is 5.27. The van der Waals surface area contributed by atoms with E-state index in [1.54, 1.807) is 0 Å². The lowest BCUT2D eigenvalue weighted by molar-refractivity contribution is -0.188. The molecule has 24 heavy (non-hydrogen) atoms. The first kappa shape index (κ1) is 15.7. The highest BCUT2D eigenvalue weighted by atomic mass is 16.7. The Morgan fingerprint density at radius 1 is 1.25 bits per heavy atom. The maximum atomic E-state index is 12.8.